The number of hydrogen-bond acceptors (Lipinski definition) is 5. The van der Waals surface area contributed by atoms with Gasteiger partial charge in [-0.2, -0.15) is 0 Å². The third kappa shape index (κ3) is 2.65. The summed E-state index contributed by atoms with van der Waals surface area (Å²) in [4.78, 5) is 4.53. The molecule has 2 N–H and O–H groups in total. The van der Waals surface area contributed by atoms with Gasteiger partial charge in [0.2, 0.25) is 0 Å². The molecule has 0 unspecified atom stereocenters. The number of likely N-dealkylation sites (N-methyl/N-ethyl adjacent to an activating group) is 1. The molecule has 0 amide bonds. The molecule has 0 spiro atoms. The highest BCUT2D eigenvalue weighted by atomic mass is 16.4. The Morgan fingerprint density at radius 2 is 2.00 bits per heavy atom. The smallest absolute Gasteiger partial charge is 0.468 e. The molecule has 2 heterocycles. The Balaban J connectivity index is 1.96. The zero-order valence-electron chi connectivity index (χ0n) is 9.46. The fourth-order valence-electron chi connectivity index (χ4n) is 1.92. The van der Waals surface area contributed by atoms with Crippen LogP contribution in [0.5, 0.6) is 0 Å². The van der Waals surface area contributed by atoms with Gasteiger partial charge in [-0.25, -0.2) is 0 Å². The van der Waals surface area contributed by atoms with Crippen LogP contribution in [0.4, 0.5) is 0 Å². The molecule has 1 aromatic heterocycles. The van der Waals surface area contributed by atoms with Gasteiger partial charge < -0.3 is 19.4 Å². The Labute approximate surface area is 95.4 Å². The molecule has 88 valence electrons. The van der Waals surface area contributed by atoms with Gasteiger partial charge in [-0.1, -0.05) is 0 Å². The highest BCUT2D eigenvalue weighted by Crippen LogP contribution is 2.07. The average Bonchev–Trinajstić information content (AvgIpc) is 2.69. The van der Waals surface area contributed by atoms with Crippen molar-refractivity contribution < 1.29 is 14.5 Å². The van der Waals surface area contributed by atoms with Crippen molar-refractivity contribution in [2.75, 3.05) is 33.2 Å². The maximum absolute atomic E-state index is 9.13. The standard InChI is InChI=1S/C10H17BN2O3/c1-12-3-5-13(6-4-12)8-10-9(11(14)15)2-7-16-10/h2,7,14-15H,3-6,8H2,1H3. The molecule has 1 aromatic rings. The van der Waals surface area contributed by atoms with E-state index in [2.05, 4.69) is 16.8 Å². The molecule has 0 atom stereocenters. The first-order chi connectivity index (χ1) is 7.66. The van der Waals surface area contributed by atoms with Gasteiger partial charge in [0.05, 0.1) is 12.8 Å². The molecule has 0 aromatic carbocycles. The van der Waals surface area contributed by atoms with Gasteiger partial charge in [0, 0.05) is 31.6 Å². The Kier molecular flexibility index (Phi) is 3.65. The maximum atomic E-state index is 9.13. The topological polar surface area (TPSA) is 60.1 Å². The summed E-state index contributed by atoms with van der Waals surface area (Å²) in [5.74, 6) is 0.652. The average molecular weight is 224 g/mol. The molecule has 16 heavy (non-hydrogen) atoms. The number of nitrogens with zero attached hydrogens (tertiary/aromatic N) is 2. The van der Waals surface area contributed by atoms with E-state index < -0.39 is 7.12 Å². The molecule has 5 nitrogen and oxygen atoms in total. The third-order valence-electron chi connectivity index (χ3n) is 3.02. The van der Waals surface area contributed by atoms with E-state index in [1.54, 1.807) is 6.07 Å². The first-order valence-electron chi connectivity index (χ1n) is 5.50. The lowest BCUT2D eigenvalue weighted by Crippen LogP contribution is -2.45. The molecule has 1 saturated heterocycles. The van der Waals surface area contributed by atoms with Crippen molar-refractivity contribution in [1.82, 2.24) is 9.80 Å². The summed E-state index contributed by atoms with van der Waals surface area (Å²) in [5.41, 5.74) is 0.471. The van der Waals surface area contributed by atoms with Gasteiger partial charge in [-0.3, -0.25) is 4.90 Å². The fourth-order valence-corrected chi connectivity index (χ4v) is 1.92. The minimum absolute atomic E-state index is 0.471. The second-order valence-electron chi connectivity index (χ2n) is 4.25. The number of piperazine rings is 1. The Bertz CT molecular complexity index is 335. The van der Waals surface area contributed by atoms with Crippen LogP contribution in [0.2, 0.25) is 0 Å². The van der Waals surface area contributed by atoms with Crippen LogP contribution in [-0.2, 0) is 6.54 Å². The van der Waals surface area contributed by atoms with Gasteiger partial charge in [0.15, 0.2) is 0 Å². The molecule has 0 aliphatic carbocycles. The van der Waals surface area contributed by atoms with E-state index in [1.807, 2.05) is 0 Å². The van der Waals surface area contributed by atoms with Crippen LogP contribution in [0.25, 0.3) is 0 Å². The van der Waals surface area contributed by atoms with Gasteiger partial charge >= 0.3 is 7.12 Å². The van der Waals surface area contributed by atoms with Crippen molar-refractivity contribution in [1.29, 1.82) is 0 Å². The van der Waals surface area contributed by atoms with Crippen molar-refractivity contribution in [3.8, 4) is 0 Å². The molecule has 1 fully saturated rings. The van der Waals surface area contributed by atoms with E-state index in [-0.39, 0.29) is 0 Å². The quantitative estimate of drug-likeness (QED) is 0.625. The zero-order chi connectivity index (χ0) is 11.5. The predicted octanol–water partition coefficient (Wildman–Crippen LogP) is -1.29. The molecule has 2 rings (SSSR count). The minimum Gasteiger partial charge on any atom is -0.468 e. The van der Waals surface area contributed by atoms with E-state index in [0.717, 1.165) is 26.2 Å². The molecule has 0 saturated carbocycles. The van der Waals surface area contributed by atoms with Crippen LogP contribution in [0, 0.1) is 0 Å². The number of rotatable bonds is 3. The van der Waals surface area contributed by atoms with Crippen molar-refractivity contribution in [2.24, 2.45) is 0 Å². The van der Waals surface area contributed by atoms with Gasteiger partial charge in [0.1, 0.15) is 5.76 Å². The maximum Gasteiger partial charge on any atom is 0.492 e. The lowest BCUT2D eigenvalue weighted by Gasteiger charge is -2.31. The van der Waals surface area contributed by atoms with Crippen molar-refractivity contribution in [3.05, 3.63) is 18.1 Å². The Morgan fingerprint density at radius 3 is 2.62 bits per heavy atom. The molecule has 1 aliphatic heterocycles. The summed E-state index contributed by atoms with van der Waals surface area (Å²) in [6.45, 7) is 4.69. The van der Waals surface area contributed by atoms with E-state index in [1.165, 1.54) is 6.26 Å². The molecular weight excluding hydrogens is 207 g/mol. The van der Waals surface area contributed by atoms with E-state index in [9.17, 15) is 0 Å². The SMILES string of the molecule is CN1CCN(Cc2occc2B(O)O)CC1. The lowest BCUT2D eigenvalue weighted by atomic mass is 9.80. The van der Waals surface area contributed by atoms with Crippen LogP contribution in [-0.4, -0.2) is 60.2 Å². The summed E-state index contributed by atoms with van der Waals surface area (Å²) in [7, 11) is 0.661. The summed E-state index contributed by atoms with van der Waals surface area (Å²) in [6.07, 6.45) is 1.50. The van der Waals surface area contributed by atoms with Crippen LogP contribution in [0.15, 0.2) is 16.7 Å². The number of furan rings is 1. The van der Waals surface area contributed by atoms with Crippen LogP contribution >= 0.6 is 0 Å². The highest BCUT2D eigenvalue weighted by Gasteiger charge is 2.22. The van der Waals surface area contributed by atoms with Gasteiger partial charge in [-0.15, -0.1) is 0 Å². The Hall–Kier alpha value is -0.815. The number of hydrogen-bond donors (Lipinski definition) is 2. The van der Waals surface area contributed by atoms with Gasteiger partial charge in [-0.05, 0) is 13.1 Å². The largest absolute Gasteiger partial charge is 0.492 e. The monoisotopic (exact) mass is 224 g/mol. The van der Waals surface area contributed by atoms with Crippen molar-refractivity contribution in [2.45, 2.75) is 6.54 Å². The van der Waals surface area contributed by atoms with Crippen LogP contribution < -0.4 is 5.46 Å². The fraction of sp³-hybridized carbons (Fsp3) is 0.600. The summed E-state index contributed by atoms with van der Waals surface area (Å²) >= 11 is 0. The third-order valence-corrected chi connectivity index (χ3v) is 3.02. The van der Waals surface area contributed by atoms with Gasteiger partial charge in [0.25, 0.3) is 0 Å². The lowest BCUT2D eigenvalue weighted by molar-refractivity contribution is 0.140. The van der Waals surface area contributed by atoms with Crippen LogP contribution in [0.1, 0.15) is 5.76 Å². The summed E-state index contributed by atoms with van der Waals surface area (Å²) < 4.78 is 5.28. The van der Waals surface area contributed by atoms with E-state index in [4.69, 9.17) is 14.5 Å². The second kappa shape index (κ2) is 5.01. The highest BCUT2D eigenvalue weighted by molar-refractivity contribution is 6.59. The van der Waals surface area contributed by atoms with E-state index >= 15 is 0 Å². The van der Waals surface area contributed by atoms with E-state index in [0.29, 0.717) is 17.8 Å². The Morgan fingerprint density at radius 1 is 1.31 bits per heavy atom. The van der Waals surface area contributed by atoms with Crippen molar-refractivity contribution >= 4 is 12.6 Å². The summed E-state index contributed by atoms with van der Waals surface area (Å²) in [5, 5.41) is 18.3. The summed E-state index contributed by atoms with van der Waals surface area (Å²) in [6, 6.07) is 1.61. The molecule has 0 radical (unpaired) electrons. The predicted molar refractivity (Wildman–Crippen MR) is 61.3 cm³/mol. The van der Waals surface area contributed by atoms with Crippen LogP contribution in [0.3, 0.4) is 0 Å². The molecular formula is C10H17BN2O3. The molecule has 6 heteroatoms. The first-order valence-corrected chi connectivity index (χ1v) is 5.50. The first kappa shape index (κ1) is 11.7. The second-order valence-corrected chi connectivity index (χ2v) is 4.25. The normalized spacial score (nSPS) is 18.9. The molecule has 1 aliphatic rings. The molecule has 0 bridgehead atoms. The zero-order valence-corrected chi connectivity index (χ0v) is 9.46. The van der Waals surface area contributed by atoms with Crippen molar-refractivity contribution in [3.63, 3.8) is 0 Å². The minimum atomic E-state index is -1.44.